The molecule has 2 heterocycles. The van der Waals surface area contributed by atoms with E-state index < -0.39 is 72.1 Å². The van der Waals surface area contributed by atoms with Crippen molar-refractivity contribution in [3.8, 4) is 0 Å². The number of benzene rings is 1. The fraction of sp³-hybridized carbons (Fsp3) is 0.417. The monoisotopic (exact) mass is 503 g/mol. The van der Waals surface area contributed by atoms with Crippen LogP contribution in [0.2, 0.25) is 0 Å². The molecule has 0 unspecified atom stereocenters. The average Bonchev–Trinajstić information content (AvgIpc) is 2.91. The first kappa shape index (κ1) is 26.5. The highest BCUT2D eigenvalue weighted by molar-refractivity contribution is 5.80. The summed E-state index contributed by atoms with van der Waals surface area (Å²) in [4.78, 5) is 73.4. The van der Waals surface area contributed by atoms with Gasteiger partial charge in [0.1, 0.15) is 12.7 Å². The lowest BCUT2D eigenvalue weighted by Crippen LogP contribution is -2.61. The van der Waals surface area contributed by atoms with Crippen molar-refractivity contribution in [3.63, 3.8) is 0 Å². The fourth-order valence-corrected chi connectivity index (χ4v) is 3.96. The summed E-state index contributed by atoms with van der Waals surface area (Å²) in [6.45, 7) is 3.98. The van der Waals surface area contributed by atoms with Crippen molar-refractivity contribution in [2.24, 2.45) is 0 Å². The summed E-state index contributed by atoms with van der Waals surface area (Å²) >= 11 is 0. The smallest absolute Gasteiger partial charge is 0.303 e. The molecule has 12 nitrogen and oxygen atoms in total. The van der Waals surface area contributed by atoms with Crippen LogP contribution in [0.25, 0.3) is 10.8 Å². The molecule has 2 aromatic rings. The van der Waals surface area contributed by atoms with Crippen molar-refractivity contribution in [1.82, 2.24) is 4.57 Å². The zero-order valence-electron chi connectivity index (χ0n) is 20.0. The largest absolute Gasteiger partial charge is 0.463 e. The second-order valence-corrected chi connectivity index (χ2v) is 8.03. The number of fused-ring (bicyclic) bond motifs is 1. The van der Waals surface area contributed by atoms with Crippen LogP contribution in [0.4, 0.5) is 0 Å². The normalized spacial score (nSPS) is 23.4. The highest BCUT2D eigenvalue weighted by Gasteiger charge is 2.53. The van der Waals surface area contributed by atoms with E-state index in [4.69, 9.17) is 23.7 Å². The Bertz CT molecular complexity index is 1300. The molecule has 0 spiro atoms. The summed E-state index contributed by atoms with van der Waals surface area (Å²) in [6.07, 6.45) is -5.86. The van der Waals surface area contributed by atoms with Crippen molar-refractivity contribution < 1.29 is 42.9 Å². The van der Waals surface area contributed by atoms with Crippen LogP contribution < -0.4 is 11.0 Å². The van der Waals surface area contributed by atoms with Crippen LogP contribution in [0, 0.1) is 0 Å². The lowest BCUT2D eigenvalue weighted by molar-refractivity contribution is -0.268. The number of ether oxygens (including phenoxy) is 5. The van der Waals surface area contributed by atoms with Crippen molar-refractivity contribution in [3.05, 3.63) is 57.1 Å². The number of rotatable bonds is 6. The van der Waals surface area contributed by atoms with E-state index in [9.17, 15) is 28.8 Å². The maximum absolute atomic E-state index is 13.5. The molecule has 0 bridgehead atoms. The summed E-state index contributed by atoms with van der Waals surface area (Å²) in [5, 5.41) is 0.201. The van der Waals surface area contributed by atoms with Crippen LogP contribution in [-0.4, -0.2) is 59.5 Å². The minimum Gasteiger partial charge on any atom is -0.463 e. The molecule has 1 aliphatic rings. The summed E-state index contributed by atoms with van der Waals surface area (Å²) in [5.41, 5.74) is -1.12. The molecule has 1 saturated heterocycles. The van der Waals surface area contributed by atoms with E-state index in [2.05, 4.69) is 0 Å². The maximum atomic E-state index is 13.5. The molecular formula is C24H25NO11. The van der Waals surface area contributed by atoms with Gasteiger partial charge in [0, 0.05) is 45.3 Å². The number of esters is 4. The highest BCUT2D eigenvalue weighted by Crippen LogP contribution is 2.34. The zero-order valence-corrected chi connectivity index (χ0v) is 20.0. The third kappa shape index (κ3) is 5.95. The molecule has 1 aromatic carbocycles. The standard InChI is InChI=1S/C24H25NO11/c1-12(26)32-11-19-20(33-13(2)27)21(34-14(3)28)22(35-15(4)29)24(36-19)25-10-9-18(30)16-7-5-6-8-17(16)23(25)31/h5-10,19-22,24H,11H2,1-4H3/t19-,20-,21+,22-,24-/m1/s1. The Kier molecular flexibility index (Phi) is 8.20. The Morgan fingerprint density at radius 2 is 1.33 bits per heavy atom. The van der Waals surface area contributed by atoms with E-state index in [0.717, 1.165) is 44.5 Å². The second kappa shape index (κ2) is 11.1. The Morgan fingerprint density at radius 3 is 1.92 bits per heavy atom. The number of carbonyl (C=O) groups is 4. The summed E-state index contributed by atoms with van der Waals surface area (Å²) < 4.78 is 28.2. The van der Waals surface area contributed by atoms with Gasteiger partial charge in [0.25, 0.3) is 5.56 Å². The SMILES string of the molecule is CC(=O)OC[C@H]1O[C@@H](n2ccc(=O)c3ccccc3c2=O)[C@H](OC(C)=O)[C@@H](OC(C)=O)[C@@H]1OC(C)=O. The second-order valence-electron chi connectivity index (χ2n) is 8.03. The van der Waals surface area contributed by atoms with Crippen molar-refractivity contribution in [2.45, 2.75) is 58.3 Å². The van der Waals surface area contributed by atoms with Gasteiger partial charge in [0.2, 0.25) is 0 Å². The van der Waals surface area contributed by atoms with E-state index in [1.165, 1.54) is 12.1 Å². The third-order valence-corrected chi connectivity index (χ3v) is 5.28. The van der Waals surface area contributed by atoms with E-state index in [1.54, 1.807) is 12.1 Å². The summed E-state index contributed by atoms with van der Waals surface area (Å²) in [7, 11) is 0. The van der Waals surface area contributed by atoms with Gasteiger partial charge in [-0.25, -0.2) is 0 Å². The number of hydrogen-bond donors (Lipinski definition) is 0. The Balaban J connectivity index is 2.24. The van der Waals surface area contributed by atoms with Crippen molar-refractivity contribution >= 4 is 34.6 Å². The van der Waals surface area contributed by atoms with Gasteiger partial charge in [-0.2, -0.15) is 0 Å². The highest BCUT2D eigenvalue weighted by atomic mass is 16.7. The van der Waals surface area contributed by atoms with Gasteiger partial charge >= 0.3 is 23.9 Å². The molecule has 36 heavy (non-hydrogen) atoms. The summed E-state index contributed by atoms with van der Waals surface area (Å²) in [5.74, 6) is -3.07. The molecule has 0 N–H and O–H groups in total. The number of hydrogen-bond acceptors (Lipinski definition) is 11. The number of nitrogens with zero attached hydrogens (tertiary/aromatic N) is 1. The zero-order chi connectivity index (χ0) is 26.6. The first-order valence-electron chi connectivity index (χ1n) is 10.9. The number of carbonyl (C=O) groups excluding carboxylic acids is 4. The van der Waals surface area contributed by atoms with E-state index >= 15 is 0 Å². The first-order chi connectivity index (χ1) is 17.0. The van der Waals surface area contributed by atoms with Crippen LogP contribution in [-0.2, 0) is 42.9 Å². The Labute approximate surface area is 204 Å². The van der Waals surface area contributed by atoms with Gasteiger partial charge in [-0.3, -0.25) is 33.3 Å². The van der Waals surface area contributed by atoms with E-state index in [1.807, 2.05) is 0 Å². The summed E-state index contributed by atoms with van der Waals surface area (Å²) in [6, 6.07) is 7.23. The molecule has 1 fully saturated rings. The van der Waals surface area contributed by atoms with Crippen LogP contribution in [0.15, 0.2) is 46.1 Å². The molecule has 0 aliphatic carbocycles. The third-order valence-electron chi connectivity index (χ3n) is 5.28. The van der Waals surface area contributed by atoms with Crippen LogP contribution in [0.3, 0.4) is 0 Å². The van der Waals surface area contributed by atoms with Gasteiger partial charge < -0.3 is 23.7 Å². The predicted molar refractivity (Wildman–Crippen MR) is 122 cm³/mol. The molecule has 0 saturated carbocycles. The maximum Gasteiger partial charge on any atom is 0.303 e. The van der Waals surface area contributed by atoms with Crippen LogP contribution in [0.1, 0.15) is 33.9 Å². The Hall–Kier alpha value is -4.06. The fourth-order valence-electron chi connectivity index (χ4n) is 3.96. The lowest BCUT2D eigenvalue weighted by Gasteiger charge is -2.44. The Morgan fingerprint density at radius 1 is 0.778 bits per heavy atom. The topological polar surface area (TPSA) is 154 Å². The van der Waals surface area contributed by atoms with Gasteiger partial charge in [-0.15, -0.1) is 0 Å². The average molecular weight is 503 g/mol. The van der Waals surface area contributed by atoms with Gasteiger partial charge in [-0.05, 0) is 6.07 Å². The van der Waals surface area contributed by atoms with Crippen molar-refractivity contribution in [2.75, 3.05) is 6.61 Å². The minimum atomic E-state index is -1.49. The van der Waals surface area contributed by atoms with Gasteiger partial charge in [0.15, 0.2) is 30.0 Å². The minimum absolute atomic E-state index is 0.0559. The molecule has 0 amide bonds. The molecule has 192 valence electrons. The molecular weight excluding hydrogens is 478 g/mol. The van der Waals surface area contributed by atoms with E-state index in [-0.39, 0.29) is 10.8 Å². The van der Waals surface area contributed by atoms with E-state index in [0.29, 0.717) is 0 Å². The molecule has 0 radical (unpaired) electrons. The predicted octanol–water partition coefficient (Wildman–Crippen LogP) is 0.617. The van der Waals surface area contributed by atoms with Crippen LogP contribution >= 0.6 is 0 Å². The molecule has 5 atom stereocenters. The van der Waals surface area contributed by atoms with Crippen LogP contribution in [0.5, 0.6) is 0 Å². The van der Waals surface area contributed by atoms with Gasteiger partial charge in [-0.1, -0.05) is 18.2 Å². The molecule has 1 aliphatic heterocycles. The first-order valence-corrected chi connectivity index (χ1v) is 10.9. The number of aromatic nitrogens is 1. The molecule has 12 heteroatoms. The lowest BCUT2D eigenvalue weighted by atomic mass is 9.97. The van der Waals surface area contributed by atoms with Gasteiger partial charge in [0.05, 0.1) is 5.39 Å². The molecule has 1 aromatic heterocycles. The molecule has 3 rings (SSSR count). The van der Waals surface area contributed by atoms with Crippen molar-refractivity contribution in [1.29, 1.82) is 0 Å². The quantitative estimate of drug-likeness (QED) is 0.402.